The van der Waals surface area contributed by atoms with Gasteiger partial charge in [0, 0.05) is 11.1 Å². The first-order valence-corrected chi connectivity index (χ1v) is 6.94. The zero-order valence-corrected chi connectivity index (χ0v) is 13.1. The highest BCUT2D eigenvalue weighted by molar-refractivity contribution is 5.49. The molecule has 0 amide bonds. The molecule has 0 bridgehead atoms. The molecule has 1 atom stereocenters. The van der Waals surface area contributed by atoms with Crippen LogP contribution in [0.5, 0.6) is 0 Å². The van der Waals surface area contributed by atoms with Crippen LogP contribution in [0, 0.1) is 13.8 Å². The fraction of sp³-hybridized carbons (Fsp3) is 0.500. The quantitative estimate of drug-likeness (QED) is 0.912. The van der Waals surface area contributed by atoms with Gasteiger partial charge in [0.2, 0.25) is 5.89 Å². The number of nitrogens with zero attached hydrogens (tertiary/aromatic N) is 2. The summed E-state index contributed by atoms with van der Waals surface area (Å²) in [6.07, 6.45) is 0. The maximum absolute atomic E-state index is 5.36. The minimum Gasteiger partial charge on any atom is -0.374 e. The number of aryl methyl sites for hydroxylation is 2. The summed E-state index contributed by atoms with van der Waals surface area (Å²) in [6.45, 7) is 12.4. The summed E-state index contributed by atoms with van der Waals surface area (Å²) in [5.74, 6) is 1.36. The molecular formula is C16H23N3O. The maximum atomic E-state index is 5.36. The van der Waals surface area contributed by atoms with Gasteiger partial charge in [-0.2, -0.15) is 4.98 Å². The van der Waals surface area contributed by atoms with Gasteiger partial charge in [-0.15, -0.1) is 0 Å². The lowest BCUT2D eigenvalue weighted by atomic mass is 9.96. The molecule has 0 fully saturated rings. The van der Waals surface area contributed by atoms with Crippen molar-refractivity contribution in [2.45, 2.75) is 53.0 Å². The van der Waals surface area contributed by atoms with E-state index in [9.17, 15) is 0 Å². The molecule has 1 heterocycles. The molecular weight excluding hydrogens is 250 g/mol. The van der Waals surface area contributed by atoms with E-state index in [1.54, 1.807) is 0 Å². The molecule has 1 aromatic heterocycles. The maximum Gasteiger partial charge on any atom is 0.248 e. The minimum atomic E-state index is -0.0958. The molecule has 0 aliphatic rings. The topological polar surface area (TPSA) is 51.0 Å². The molecule has 2 aromatic rings. The van der Waals surface area contributed by atoms with Gasteiger partial charge in [0.05, 0.1) is 0 Å². The van der Waals surface area contributed by atoms with Gasteiger partial charge in [-0.05, 0) is 44.0 Å². The zero-order chi connectivity index (χ0) is 14.9. The first-order chi connectivity index (χ1) is 9.25. The minimum absolute atomic E-state index is 0.0141. The smallest absolute Gasteiger partial charge is 0.248 e. The van der Waals surface area contributed by atoms with Gasteiger partial charge < -0.3 is 9.84 Å². The Balaban J connectivity index is 2.15. The molecule has 4 nitrogen and oxygen atoms in total. The standard InChI is InChI=1S/C16H23N3O/c1-10-7-11(2)9-13(8-10)17-12(3)14-18-15(19-20-14)16(4,5)6/h7-9,12,17H,1-6H3. The highest BCUT2D eigenvalue weighted by Gasteiger charge is 2.23. The Morgan fingerprint density at radius 3 is 2.20 bits per heavy atom. The van der Waals surface area contributed by atoms with E-state index in [2.05, 4.69) is 68.3 Å². The van der Waals surface area contributed by atoms with Gasteiger partial charge in [-0.1, -0.05) is 32.0 Å². The van der Waals surface area contributed by atoms with Crippen LogP contribution in [0.2, 0.25) is 0 Å². The number of rotatable bonds is 3. The van der Waals surface area contributed by atoms with Crippen LogP contribution < -0.4 is 5.32 Å². The van der Waals surface area contributed by atoms with Gasteiger partial charge in [-0.25, -0.2) is 0 Å². The Morgan fingerprint density at radius 1 is 1.10 bits per heavy atom. The first kappa shape index (κ1) is 14.6. The van der Waals surface area contributed by atoms with Crippen molar-refractivity contribution in [2.75, 3.05) is 5.32 Å². The lowest BCUT2D eigenvalue weighted by Gasteiger charge is -2.13. The second-order valence-corrected chi connectivity index (χ2v) is 6.45. The van der Waals surface area contributed by atoms with Gasteiger partial charge in [-0.3, -0.25) is 0 Å². The van der Waals surface area contributed by atoms with Crippen molar-refractivity contribution in [2.24, 2.45) is 0 Å². The number of aromatic nitrogens is 2. The van der Waals surface area contributed by atoms with Crippen LogP contribution in [0.15, 0.2) is 22.7 Å². The van der Waals surface area contributed by atoms with Gasteiger partial charge in [0.1, 0.15) is 6.04 Å². The molecule has 1 unspecified atom stereocenters. The molecule has 108 valence electrons. The summed E-state index contributed by atoms with van der Waals surface area (Å²) >= 11 is 0. The molecule has 4 heteroatoms. The second kappa shape index (κ2) is 5.27. The van der Waals surface area contributed by atoms with E-state index in [-0.39, 0.29) is 11.5 Å². The molecule has 2 rings (SSSR count). The number of benzene rings is 1. The molecule has 0 aliphatic heterocycles. The van der Waals surface area contributed by atoms with Crippen molar-refractivity contribution in [3.63, 3.8) is 0 Å². The summed E-state index contributed by atoms with van der Waals surface area (Å²) in [4.78, 5) is 4.48. The number of anilines is 1. The number of hydrogen-bond acceptors (Lipinski definition) is 4. The molecule has 0 radical (unpaired) electrons. The summed E-state index contributed by atoms with van der Waals surface area (Å²) in [5.41, 5.74) is 3.45. The Morgan fingerprint density at radius 2 is 1.70 bits per heavy atom. The van der Waals surface area contributed by atoms with E-state index in [1.165, 1.54) is 11.1 Å². The van der Waals surface area contributed by atoms with Crippen molar-refractivity contribution < 1.29 is 4.52 Å². The Kier molecular flexibility index (Phi) is 3.84. The highest BCUT2D eigenvalue weighted by atomic mass is 16.5. The van der Waals surface area contributed by atoms with Gasteiger partial charge in [0.25, 0.3) is 0 Å². The van der Waals surface area contributed by atoms with Crippen molar-refractivity contribution in [3.8, 4) is 0 Å². The lowest BCUT2D eigenvalue weighted by Crippen LogP contribution is -2.14. The SMILES string of the molecule is Cc1cc(C)cc(NC(C)c2nc(C(C)(C)C)no2)c1. The van der Waals surface area contributed by atoms with Crippen LogP contribution in [0.3, 0.4) is 0 Å². The van der Waals surface area contributed by atoms with E-state index in [0.717, 1.165) is 11.5 Å². The third-order valence-corrected chi connectivity index (χ3v) is 3.09. The van der Waals surface area contributed by atoms with Crippen molar-refractivity contribution in [1.29, 1.82) is 0 Å². The number of hydrogen-bond donors (Lipinski definition) is 1. The summed E-state index contributed by atoms with van der Waals surface area (Å²) in [6, 6.07) is 6.37. The van der Waals surface area contributed by atoms with Crippen LogP contribution in [0.4, 0.5) is 5.69 Å². The van der Waals surface area contributed by atoms with E-state index < -0.39 is 0 Å². The first-order valence-electron chi connectivity index (χ1n) is 6.94. The summed E-state index contributed by atoms with van der Waals surface area (Å²) in [7, 11) is 0. The van der Waals surface area contributed by atoms with Gasteiger partial charge >= 0.3 is 0 Å². The fourth-order valence-electron chi connectivity index (χ4n) is 2.09. The van der Waals surface area contributed by atoms with E-state index in [0.29, 0.717) is 5.89 Å². The molecule has 20 heavy (non-hydrogen) atoms. The van der Waals surface area contributed by atoms with E-state index in [1.807, 2.05) is 6.92 Å². The van der Waals surface area contributed by atoms with Crippen molar-refractivity contribution in [1.82, 2.24) is 10.1 Å². The second-order valence-electron chi connectivity index (χ2n) is 6.45. The van der Waals surface area contributed by atoms with Crippen LogP contribution in [-0.2, 0) is 5.41 Å². The van der Waals surface area contributed by atoms with Crippen LogP contribution in [0.25, 0.3) is 0 Å². The third-order valence-electron chi connectivity index (χ3n) is 3.09. The molecule has 0 saturated heterocycles. The monoisotopic (exact) mass is 273 g/mol. The van der Waals surface area contributed by atoms with Crippen LogP contribution in [-0.4, -0.2) is 10.1 Å². The predicted molar refractivity (Wildman–Crippen MR) is 81.0 cm³/mol. The largest absolute Gasteiger partial charge is 0.374 e. The molecule has 1 aromatic carbocycles. The Labute approximate surface area is 120 Å². The lowest BCUT2D eigenvalue weighted by molar-refractivity contribution is 0.354. The molecule has 0 aliphatic carbocycles. The average Bonchev–Trinajstić information content (AvgIpc) is 2.75. The van der Waals surface area contributed by atoms with E-state index in [4.69, 9.17) is 4.52 Å². The van der Waals surface area contributed by atoms with Crippen LogP contribution >= 0.6 is 0 Å². The average molecular weight is 273 g/mol. The Hall–Kier alpha value is -1.84. The van der Waals surface area contributed by atoms with Gasteiger partial charge in [0.15, 0.2) is 5.82 Å². The zero-order valence-electron chi connectivity index (χ0n) is 13.1. The highest BCUT2D eigenvalue weighted by Crippen LogP contribution is 2.23. The molecule has 0 saturated carbocycles. The summed E-state index contributed by atoms with van der Waals surface area (Å²) < 4.78 is 5.36. The van der Waals surface area contributed by atoms with Crippen LogP contribution in [0.1, 0.15) is 56.6 Å². The van der Waals surface area contributed by atoms with Crippen molar-refractivity contribution >= 4 is 5.69 Å². The fourth-order valence-corrected chi connectivity index (χ4v) is 2.09. The van der Waals surface area contributed by atoms with Crippen molar-refractivity contribution in [3.05, 3.63) is 41.0 Å². The normalized spacial score (nSPS) is 13.3. The number of nitrogens with one attached hydrogen (secondary N) is 1. The van der Waals surface area contributed by atoms with E-state index >= 15 is 0 Å². The predicted octanol–water partition coefficient (Wildman–Crippen LogP) is 4.16. The summed E-state index contributed by atoms with van der Waals surface area (Å²) in [5, 5.41) is 7.47. The Bertz CT molecular complexity index is 576. The third kappa shape index (κ3) is 3.38. The molecule has 1 N–H and O–H groups in total. The molecule has 0 spiro atoms.